The van der Waals surface area contributed by atoms with Crippen LogP contribution in [0.15, 0.2) is 9.98 Å². The van der Waals surface area contributed by atoms with Gasteiger partial charge >= 0.3 is 0 Å². The Kier molecular flexibility index (Phi) is 9.52. The Balaban J connectivity index is 4.81. The van der Waals surface area contributed by atoms with Gasteiger partial charge < -0.3 is 25.7 Å². The van der Waals surface area contributed by atoms with Crippen LogP contribution in [0.4, 0.5) is 0 Å². The summed E-state index contributed by atoms with van der Waals surface area (Å²) in [4.78, 5) is 7.96. The number of hydrogen-bond acceptors (Lipinski definition) is 6. The van der Waals surface area contributed by atoms with Gasteiger partial charge in [0, 0.05) is 19.7 Å². The van der Waals surface area contributed by atoms with Crippen molar-refractivity contribution in [1.82, 2.24) is 5.32 Å². The molecule has 0 aromatic carbocycles. The number of amidine groups is 1. The van der Waals surface area contributed by atoms with Crippen molar-refractivity contribution < 1.29 is 20.4 Å². The Morgan fingerprint density at radius 1 is 1.10 bits per heavy atom. The molecule has 0 radical (unpaired) electrons. The van der Waals surface area contributed by atoms with Crippen LogP contribution in [0.3, 0.4) is 0 Å². The minimum Gasteiger partial charge on any atom is -0.367 e. The van der Waals surface area contributed by atoms with E-state index >= 15 is 0 Å². The molecule has 0 aliphatic carbocycles. The predicted octanol–water partition coefficient (Wildman–Crippen LogP) is -0.510. The molecule has 118 valence electrons. The molecule has 0 spiro atoms. The van der Waals surface area contributed by atoms with Gasteiger partial charge in [-0.05, 0) is 19.3 Å². The summed E-state index contributed by atoms with van der Waals surface area (Å²) in [5.41, 5.74) is 0. The van der Waals surface area contributed by atoms with E-state index in [2.05, 4.69) is 15.3 Å². The number of aliphatic hydroxyl groups is 4. The zero-order chi connectivity index (χ0) is 15.7. The number of nitrogens with zero attached hydrogens (tertiary/aromatic N) is 2. The summed E-state index contributed by atoms with van der Waals surface area (Å²) in [5.74, 6) is 0.688. The van der Waals surface area contributed by atoms with Gasteiger partial charge in [0.1, 0.15) is 5.84 Å². The molecule has 1 unspecified atom stereocenters. The second-order valence-electron chi connectivity index (χ2n) is 5.07. The first-order valence-electron chi connectivity index (χ1n) is 6.74. The smallest absolute Gasteiger partial charge is 0.167 e. The van der Waals surface area contributed by atoms with Gasteiger partial charge in [-0.15, -0.1) is 0 Å². The Labute approximate surface area is 120 Å². The average Bonchev–Trinajstić information content (AvgIpc) is 2.34. The highest BCUT2D eigenvalue weighted by molar-refractivity contribution is 5.89. The van der Waals surface area contributed by atoms with Crippen molar-refractivity contribution in [1.29, 1.82) is 0 Å². The van der Waals surface area contributed by atoms with E-state index in [1.165, 1.54) is 0 Å². The number of rotatable bonds is 8. The first-order valence-corrected chi connectivity index (χ1v) is 6.74. The van der Waals surface area contributed by atoms with E-state index in [-0.39, 0.29) is 12.3 Å². The third-order valence-electron chi connectivity index (χ3n) is 2.81. The van der Waals surface area contributed by atoms with Crippen molar-refractivity contribution >= 4 is 12.1 Å². The maximum absolute atomic E-state index is 9.41. The van der Waals surface area contributed by atoms with Crippen molar-refractivity contribution in [3.8, 4) is 0 Å². The van der Waals surface area contributed by atoms with Crippen LogP contribution in [0.25, 0.3) is 0 Å². The topological polar surface area (TPSA) is 118 Å². The summed E-state index contributed by atoms with van der Waals surface area (Å²) in [6.07, 6.45) is -0.978. The predicted molar refractivity (Wildman–Crippen MR) is 78.8 cm³/mol. The average molecular weight is 289 g/mol. The lowest BCUT2D eigenvalue weighted by molar-refractivity contribution is -0.0993. The summed E-state index contributed by atoms with van der Waals surface area (Å²) in [6.45, 7) is 5.63. The fraction of sp³-hybridized carbons (Fsp3) is 0.846. The van der Waals surface area contributed by atoms with Gasteiger partial charge in [-0.25, -0.2) is 4.99 Å². The van der Waals surface area contributed by atoms with Crippen molar-refractivity contribution in [2.75, 3.05) is 7.05 Å². The van der Waals surface area contributed by atoms with Crippen LogP contribution < -0.4 is 5.32 Å². The quantitative estimate of drug-likeness (QED) is 0.234. The van der Waals surface area contributed by atoms with E-state index in [0.717, 1.165) is 0 Å². The van der Waals surface area contributed by atoms with Gasteiger partial charge in [-0.3, -0.25) is 4.99 Å². The molecule has 0 bridgehead atoms. The van der Waals surface area contributed by atoms with E-state index in [9.17, 15) is 20.4 Å². The number of nitrogens with one attached hydrogen (secondary N) is 1. The molecule has 0 aromatic heterocycles. The molecule has 0 saturated heterocycles. The molecule has 20 heavy (non-hydrogen) atoms. The molecule has 5 N–H and O–H groups in total. The number of aliphatic imine (C=N–C) groups is 2. The van der Waals surface area contributed by atoms with Crippen LogP contribution in [0.5, 0.6) is 0 Å². The first kappa shape index (κ1) is 19.1. The molecule has 0 saturated carbocycles. The SMILES string of the molecule is CC=NC(C[C@H](NC(CC(C)C)C(O)O)C(O)O)=NC. The summed E-state index contributed by atoms with van der Waals surface area (Å²) < 4.78 is 0. The Morgan fingerprint density at radius 3 is 2.00 bits per heavy atom. The molecule has 0 rings (SSSR count). The maximum atomic E-state index is 9.41. The summed E-state index contributed by atoms with van der Waals surface area (Å²) in [5, 5.41) is 40.4. The fourth-order valence-electron chi connectivity index (χ4n) is 1.86. The van der Waals surface area contributed by atoms with E-state index in [1.54, 1.807) is 20.2 Å². The molecule has 0 heterocycles. The summed E-state index contributed by atoms with van der Waals surface area (Å²) in [6, 6.07) is -1.42. The van der Waals surface area contributed by atoms with Crippen molar-refractivity contribution in [3.05, 3.63) is 0 Å². The van der Waals surface area contributed by atoms with E-state index in [0.29, 0.717) is 12.3 Å². The lowest BCUT2D eigenvalue weighted by atomic mass is 10.0. The van der Waals surface area contributed by atoms with Gasteiger partial charge in [0.15, 0.2) is 12.6 Å². The number of aliphatic hydroxyl groups excluding tert-OH is 2. The molecule has 0 fully saturated rings. The second-order valence-corrected chi connectivity index (χ2v) is 5.07. The highest BCUT2D eigenvalue weighted by Gasteiger charge is 2.26. The first-order chi connectivity index (χ1) is 9.31. The molecule has 0 aliphatic heterocycles. The van der Waals surface area contributed by atoms with Crippen LogP contribution >= 0.6 is 0 Å². The largest absolute Gasteiger partial charge is 0.367 e. The lowest BCUT2D eigenvalue weighted by Crippen LogP contribution is -2.51. The molecule has 0 amide bonds. The number of hydrogen-bond donors (Lipinski definition) is 5. The summed E-state index contributed by atoms with van der Waals surface area (Å²) in [7, 11) is 1.57. The van der Waals surface area contributed by atoms with Crippen molar-refractivity contribution in [3.63, 3.8) is 0 Å². The van der Waals surface area contributed by atoms with Gasteiger partial charge in [-0.1, -0.05) is 13.8 Å². The fourth-order valence-corrected chi connectivity index (χ4v) is 1.86. The molecular weight excluding hydrogens is 262 g/mol. The Bertz CT molecular complexity index is 317. The van der Waals surface area contributed by atoms with Gasteiger partial charge in [0.25, 0.3) is 0 Å². The molecule has 7 heteroatoms. The monoisotopic (exact) mass is 289 g/mol. The Morgan fingerprint density at radius 2 is 1.65 bits per heavy atom. The van der Waals surface area contributed by atoms with Crippen LogP contribution in [-0.4, -0.2) is 64.2 Å². The van der Waals surface area contributed by atoms with Crippen LogP contribution in [0, 0.1) is 5.92 Å². The van der Waals surface area contributed by atoms with Gasteiger partial charge in [0.2, 0.25) is 0 Å². The molecule has 7 nitrogen and oxygen atoms in total. The second kappa shape index (κ2) is 9.95. The zero-order valence-corrected chi connectivity index (χ0v) is 12.6. The van der Waals surface area contributed by atoms with Gasteiger partial charge in [-0.2, -0.15) is 0 Å². The van der Waals surface area contributed by atoms with Crippen molar-refractivity contribution in [2.45, 2.75) is 58.3 Å². The molecule has 2 atom stereocenters. The van der Waals surface area contributed by atoms with Crippen LogP contribution in [-0.2, 0) is 0 Å². The minimum atomic E-state index is -1.65. The minimum absolute atomic E-state index is 0.180. The van der Waals surface area contributed by atoms with E-state index < -0.39 is 24.7 Å². The summed E-state index contributed by atoms with van der Waals surface area (Å²) >= 11 is 0. The normalized spacial score (nSPS) is 16.6. The molecule has 0 aromatic rings. The third kappa shape index (κ3) is 7.66. The highest BCUT2D eigenvalue weighted by atomic mass is 16.5. The van der Waals surface area contributed by atoms with Gasteiger partial charge in [0.05, 0.1) is 12.1 Å². The van der Waals surface area contributed by atoms with Crippen LogP contribution in [0.1, 0.15) is 33.6 Å². The van der Waals surface area contributed by atoms with Crippen molar-refractivity contribution in [2.24, 2.45) is 15.9 Å². The van der Waals surface area contributed by atoms with E-state index in [1.807, 2.05) is 13.8 Å². The maximum Gasteiger partial charge on any atom is 0.167 e. The van der Waals surface area contributed by atoms with Crippen LogP contribution in [0.2, 0.25) is 0 Å². The molecular formula is C13H27N3O4. The zero-order valence-electron chi connectivity index (χ0n) is 12.6. The standard InChI is InChI=1S/C13H27N3O4/c1-5-15-11(14-4)7-10(13(19)20)16-9(12(17)18)6-8(2)3/h5,8-10,12-13,16-20H,6-7H2,1-4H3/t9?,10-/m0/s1. The lowest BCUT2D eigenvalue weighted by Gasteiger charge is -2.29. The third-order valence-corrected chi connectivity index (χ3v) is 2.81. The molecule has 0 aliphatic rings. The Hall–Kier alpha value is -0.860. The van der Waals surface area contributed by atoms with E-state index in [4.69, 9.17) is 0 Å². The highest BCUT2D eigenvalue weighted by Crippen LogP contribution is 2.11.